The maximum Gasteiger partial charge on any atom is 0.533 e. The van der Waals surface area contributed by atoms with Gasteiger partial charge >= 0.3 is 26.0 Å². The van der Waals surface area contributed by atoms with Crippen molar-refractivity contribution in [3.63, 3.8) is 0 Å². The molecular formula is C31H40N5O13P. The van der Waals surface area contributed by atoms with E-state index in [1.165, 1.54) is 45.9 Å². The second kappa shape index (κ2) is 16.6. The molecule has 1 unspecified atom stereocenters. The van der Waals surface area contributed by atoms with Crippen LogP contribution in [0.1, 0.15) is 44.6 Å². The minimum atomic E-state index is -4.54. The van der Waals surface area contributed by atoms with E-state index in [1.54, 1.807) is 45.0 Å². The van der Waals surface area contributed by atoms with Gasteiger partial charge < -0.3 is 37.8 Å². The molecule has 272 valence electrons. The van der Waals surface area contributed by atoms with E-state index in [0.717, 1.165) is 7.11 Å². The summed E-state index contributed by atoms with van der Waals surface area (Å²) in [7, 11) is -3.45. The van der Waals surface area contributed by atoms with Crippen LogP contribution < -0.4 is 24.7 Å². The van der Waals surface area contributed by atoms with Gasteiger partial charge in [-0.1, -0.05) is 29.4 Å². The van der Waals surface area contributed by atoms with Crippen LogP contribution in [0, 0.1) is 0 Å². The van der Waals surface area contributed by atoms with Crippen LogP contribution in [0.3, 0.4) is 0 Å². The van der Waals surface area contributed by atoms with Crippen molar-refractivity contribution >= 4 is 31.9 Å². The molecule has 2 aliphatic rings. The van der Waals surface area contributed by atoms with Crippen LogP contribution >= 0.6 is 7.75 Å². The number of nitrogens with one attached hydrogen (secondary N) is 1. The van der Waals surface area contributed by atoms with Gasteiger partial charge in [-0.25, -0.2) is 18.8 Å². The van der Waals surface area contributed by atoms with Gasteiger partial charge in [-0.05, 0) is 52.3 Å². The van der Waals surface area contributed by atoms with Gasteiger partial charge in [0, 0.05) is 12.7 Å². The average Bonchev–Trinajstić information content (AvgIpc) is 3.07. The van der Waals surface area contributed by atoms with Crippen molar-refractivity contribution in [2.24, 2.45) is 5.16 Å². The van der Waals surface area contributed by atoms with Crippen LogP contribution in [0.2, 0.25) is 0 Å². The summed E-state index contributed by atoms with van der Waals surface area (Å²) < 4.78 is 58.0. The van der Waals surface area contributed by atoms with Gasteiger partial charge in [0.15, 0.2) is 17.6 Å². The van der Waals surface area contributed by atoms with Crippen molar-refractivity contribution in [2.45, 2.75) is 51.9 Å². The molecule has 3 atom stereocenters. The Labute approximate surface area is 287 Å². The van der Waals surface area contributed by atoms with Gasteiger partial charge in [0.2, 0.25) is 6.79 Å². The summed E-state index contributed by atoms with van der Waals surface area (Å²) in [6.45, 7) is 9.55. The van der Waals surface area contributed by atoms with Crippen molar-refractivity contribution in [2.75, 3.05) is 45.3 Å². The number of hydrogen-bond donors (Lipinski definition) is 1. The van der Waals surface area contributed by atoms with E-state index in [1.807, 2.05) is 0 Å². The number of para-hydroxylation sites is 1. The summed E-state index contributed by atoms with van der Waals surface area (Å²) in [6, 6.07) is 8.04. The highest BCUT2D eigenvalue weighted by molar-refractivity contribution is 7.52. The molecule has 0 radical (unpaired) electrons. The highest BCUT2D eigenvalue weighted by Gasteiger charge is 2.45. The average molecular weight is 722 g/mol. The van der Waals surface area contributed by atoms with Gasteiger partial charge in [0.25, 0.3) is 5.91 Å². The van der Waals surface area contributed by atoms with E-state index in [-0.39, 0.29) is 48.9 Å². The lowest BCUT2D eigenvalue weighted by atomic mass is 10.2. The maximum absolute atomic E-state index is 14.1. The molecule has 18 nitrogen and oxygen atoms in total. The Bertz CT molecular complexity index is 1680. The van der Waals surface area contributed by atoms with Gasteiger partial charge in [-0.3, -0.25) is 14.2 Å². The molecule has 0 aliphatic carbocycles. The molecule has 4 rings (SSSR count). The first-order chi connectivity index (χ1) is 23.8. The zero-order valence-corrected chi connectivity index (χ0v) is 29.2. The lowest BCUT2D eigenvalue weighted by molar-refractivity contribution is -0.145. The molecule has 1 N–H and O–H groups in total. The Morgan fingerprint density at radius 2 is 1.92 bits per heavy atom. The number of carbonyl (C=O) groups is 4. The first-order valence-electron chi connectivity index (χ1n) is 15.4. The van der Waals surface area contributed by atoms with Crippen LogP contribution in [-0.4, -0.2) is 91.8 Å². The van der Waals surface area contributed by atoms with Crippen LogP contribution in [-0.2, 0) is 37.7 Å². The van der Waals surface area contributed by atoms with Crippen molar-refractivity contribution in [3.05, 3.63) is 66.3 Å². The predicted octanol–water partition coefficient (Wildman–Crippen LogP) is 3.41. The SMILES string of the molecule is C=CCCOC(=O)[C@H](C)NP(=O)(O/N=c1\ccn2c(c1OCOC(=O)OC)C(=O)N1CCOC[C@H]1N2C(=O)OC(C)(C)C)Oc1ccccc1. The maximum atomic E-state index is 14.1. The standard InChI is InChI=1S/C31H40N5O13P/c1-7-8-17-44-28(38)21(2)33-50(41,48-22-12-10-9-11-13-22)49-32-23-14-15-35-25(26(23)45-20-46-30(40)42-6)27(37)34-16-18-43-19-24(34)36(35)29(39)47-31(3,4)5/h7,9-15,21,24H,1,8,16-20H2,2-6H3,(H,33,41)/b32-23+/t21-,24+,50?/m0/s1. The summed E-state index contributed by atoms with van der Waals surface area (Å²) in [6.07, 6.45) is 0.490. The van der Waals surface area contributed by atoms with Crippen molar-refractivity contribution in [3.8, 4) is 11.5 Å². The zero-order valence-electron chi connectivity index (χ0n) is 28.3. The Morgan fingerprint density at radius 3 is 2.60 bits per heavy atom. The fourth-order valence-corrected chi connectivity index (χ4v) is 5.88. The van der Waals surface area contributed by atoms with Crippen LogP contribution in [0.4, 0.5) is 9.59 Å². The van der Waals surface area contributed by atoms with Gasteiger partial charge in [-0.15, -0.1) is 6.58 Å². The molecule has 3 heterocycles. The molecule has 1 aromatic carbocycles. The summed E-state index contributed by atoms with van der Waals surface area (Å²) >= 11 is 0. The van der Waals surface area contributed by atoms with E-state index in [4.69, 9.17) is 32.8 Å². The second-order valence-electron chi connectivity index (χ2n) is 11.6. The number of aromatic nitrogens is 1. The molecule has 19 heteroatoms. The van der Waals surface area contributed by atoms with E-state index in [2.05, 4.69) is 21.6 Å². The summed E-state index contributed by atoms with van der Waals surface area (Å²) in [5, 5.41) is 7.43. The molecule has 1 fully saturated rings. The lowest BCUT2D eigenvalue weighted by Gasteiger charge is -2.46. The highest BCUT2D eigenvalue weighted by atomic mass is 31.2. The first kappa shape index (κ1) is 37.8. The van der Waals surface area contributed by atoms with Crippen molar-refractivity contribution in [1.82, 2.24) is 14.7 Å². The molecule has 1 saturated heterocycles. The number of hydrogen-bond acceptors (Lipinski definition) is 14. The Balaban J connectivity index is 1.80. The molecule has 2 aliphatic heterocycles. The molecule has 0 spiro atoms. The van der Waals surface area contributed by atoms with E-state index >= 15 is 0 Å². The van der Waals surface area contributed by atoms with Crippen molar-refractivity contribution < 1.29 is 61.3 Å². The molecule has 0 saturated carbocycles. The number of carbonyl (C=O) groups excluding carboxylic acids is 4. The summed E-state index contributed by atoms with van der Waals surface area (Å²) in [5.74, 6) is -1.60. The van der Waals surface area contributed by atoms with E-state index in [0.29, 0.717) is 6.42 Å². The Hall–Kier alpha value is -5.06. The first-order valence-corrected chi connectivity index (χ1v) is 16.9. The van der Waals surface area contributed by atoms with Crippen LogP contribution in [0.5, 0.6) is 11.5 Å². The van der Waals surface area contributed by atoms with E-state index in [9.17, 15) is 23.7 Å². The van der Waals surface area contributed by atoms with Gasteiger partial charge in [-0.2, -0.15) is 10.1 Å². The quantitative estimate of drug-likeness (QED) is 0.0601. The molecule has 2 aromatic rings. The molecule has 0 bridgehead atoms. The fraction of sp³-hybridized carbons (Fsp3) is 0.452. The second-order valence-corrected chi connectivity index (χ2v) is 13.2. The van der Waals surface area contributed by atoms with Crippen molar-refractivity contribution in [1.29, 1.82) is 0 Å². The molecule has 50 heavy (non-hydrogen) atoms. The Kier molecular flexibility index (Phi) is 12.5. The molecular weight excluding hydrogens is 681 g/mol. The minimum absolute atomic E-state index is 0.0197. The highest BCUT2D eigenvalue weighted by Crippen LogP contribution is 2.45. The lowest BCUT2D eigenvalue weighted by Crippen LogP contribution is -2.67. The number of nitrogens with zero attached hydrogens (tertiary/aromatic N) is 4. The number of amides is 2. The monoisotopic (exact) mass is 721 g/mol. The number of pyridine rings is 1. The number of morpholine rings is 1. The number of fused-ring (bicyclic) bond motifs is 2. The molecule has 1 aromatic heterocycles. The van der Waals surface area contributed by atoms with E-state index < -0.39 is 56.5 Å². The number of methoxy groups -OCH3 is 1. The minimum Gasteiger partial charge on any atom is -0.464 e. The zero-order chi connectivity index (χ0) is 36.5. The summed E-state index contributed by atoms with van der Waals surface area (Å²) in [4.78, 5) is 53.3. The largest absolute Gasteiger partial charge is 0.533 e. The number of esters is 1. The van der Waals surface area contributed by atoms with Crippen LogP contribution in [0.15, 0.2) is 60.4 Å². The number of benzene rings is 1. The predicted molar refractivity (Wildman–Crippen MR) is 173 cm³/mol. The van der Waals surface area contributed by atoms with Crippen LogP contribution in [0.25, 0.3) is 0 Å². The number of rotatable bonds is 13. The third-order valence-electron chi connectivity index (χ3n) is 6.75. The third-order valence-corrected chi connectivity index (χ3v) is 8.20. The smallest absolute Gasteiger partial charge is 0.464 e. The molecule has 2 amide bonds. The van der Waals surface area contributed by atoms with Gasteiger partial charge in [0.05, 0.1) is 26.9 Å². The third kappa shape index (κ3) is 9.55. The summed E-state index contributed by atoms with van der Waals surface area (Å²) in [5.41, 5.74) is -1.16. The fourth-order valence-electron chi connectivity index (χ4n) is 4.57. The normalized spacial score (nSPS) is 17.7. The van der Waals surface area contributed by atoms with Gasteiger partial charge in [0.1, 0.15) is 22.7 Å². The topological polar surface area (TPSA) is 195 Å². The number of ether oxygens (including phenoxy) is 6. The Morgan fingerprint density at radius 1 is 1.18 bits per heavy atom.